The average Bonchev–Trinajstić information content (AvgIpc) is 3.04. The summed E-state index contributed by atoms with van der Waals surface area (Å²) in [5.41, 5.74) is -0.650. The van der Waals surface area contributed by atoms with Crippen molar-refractivity contribution in [1.29, 1.82) is 0 Å². The lowest BCUT2D eigenvalue weighted by atomic mass is 9.98. The molecule has 6 nitrogen and oxygen atoms in total. The van der Waals surface area contributed by atoms with E-state index in [4.69, 9.17) is 34.8 Å². The number of carbonyl (C=O) groups is 3. The van der Waals surface area contributed by atoms with Crippen molar-refractivity contribution in [2.24, 2.45) is 0 Å². The van der Waals surface area contributed by atoms with Gasteiger partial charge in [-0.05, 0) is 25.0 Å². The monoisotopic (exact) mass is 389 g/mol. The molecular weight excluding hydrogens is 377 g/mol. The Morgan fingerprint density at radius 2 is 1.75 bits per heavy atom. The van der Waals surface area contributed by atoms with Crippen LogP contribution in [0.15, 0.2) is 12.1 Å². The van der Waals surface area contributed by atoms with Gasteiger partial charge < -0.3 is 10.6 Å². The minimum atomic E-state index is -0.840. The summed E-state index contributed by atoms with van der Waals surface area (Å²) in [7, 11) is 0. The van der Waals surface area contributed by atoms with Crippen molar-refractivity contribution >= 4 is 58.3 Å². The fourth-order valence-corrected chi connectivity index (χ4v) is 4.03. The zero-order valence-corrected chi connectivity index (χ0v) is 14.8. The molecule has 1 aliphatic carbocycles. The Hall–Kier alpha value is -1.50. The number of amides is 4. The Morgan fingerprint density at radius 1 is 1.17 bits per heavy atom. The molecule has 1 aromatic rings. The van der Waals surface area contributed by atoms with Gasteiger partial charge in [0.15, 0.2) is 0 Å². The molecule has 128 valence electrons. The largest absolute Gasteiger partial charge is 0.325 e. The number of benzene rings is 1. The lowest BCUT2D eigenvalue weighted by Gasteiger charge is -2.20. The zero-order valence-electron chi connectivity index (χ0n) is 12.5. The summed E-state index contributed by atoms with van der Waals surface area (Å²) in [6, 6.07) is 2.32. The molecule has 1 saturated heterocycles. The number of anilines is 1. The number of urea groups is 1. The van der Waals surface area contributed by atoms with Crippen LogP contribution in [0.2, 0.25) is 15.1 Å². The van der Waals surface area contributed by atoms with Crippen LogP contribution in [0.3, 0.4) is 0 Å². The highest BCUT2D eigenvalue weighted by Crippen LogP contribution is 2.36. The molecule has 3 rings (SSSR count). The van der Waals surface area contributed by atoms with E-state index in [0.717, 1.165) is 17.7 Å². The van der Waals surface area contributed by atoms with Gasteiger partial charge in [-0.3, -0.25) is 14.5 Å². The molecule has 0 aromatic heterocycles. The van der Waals surface area contributed by atoms with Crippen molar-refractivity contribution in [2.75, 3.05) is 11.9 Å². The summed E-state index contributed by atoms with van der Waals surface area (Å²) in [4.78, 5) is 37.7. The van der Waals surface area contributed by atoms with Gasteiger partial charge in [-0.1, -0.05) is 47.6 Å². The van der Waals surface area contributed by atoms with Crippen LogP contribution in [-0.2, 0) is 9.59 Å². The van der Waals surface area contributed by atoms with E-state index in [0.29, 0.717) is 17.9 Å². The molecule has 2 fully saturated rings. The molecule has 24 heavy (non-hydrogen) atoms. The fourth-order valence-electron chi connectivity index (χ4n) is 3.12. The quantitative estimate of drug-likeness (QED) is 0.776. The van der Waals surface area contributed by atoms with Crippen molar-refractivity contribution in [3.8, 4) is 0 Å². The third kappa shape index (κ3) is 3.06. The van der Waals surface area contributed by atoms with Gasteiger partial charge in [0.25, 0.3) is 5.91 Å². The van der Waals surface area contributed by atoms with E-state index < -0.39 is 24.0 Å². The minimum Gasteiger partial charge on any atom is -0.323 e. The van der Waals surface area contributed by atoms with Gasteiger partial charge in [-0.15, -0.1) is 0 Å². The third-order valence-corrected chi connectivity index (χ3v) is 5.09. The molecule has 0 bridgehead atoms. The van der Waals surface area contributed by atoms with Crippen LogP contribution in [0.5, 0.6) is 0 Å². The fraction of sp³-hybridized carbons (Fsp3) is 0.400. The SMILES string of the molecule is O=C(CN1C(=O)NC2(CCCC2)C1=O)Nc1c(Cl)cc(Cl)cc1Cl. The number of rotatable bonds is 3. The lowest BCUT2D eigenvalue weighted by molar-refractivity contribution is -0.133. The van der Waals surface area contributed by atoms with Crippen LogP contribution in [-0.4, -0.2) is 34.8 Å². The third-order valence-electron chi connectivity index (χ3n) is 4.28. The van der Waals surface area contributed by atoms with Crippen molar-refractivity contribution in [3.63, 3.8) is 0 Å². The Kier molecular flexibility index (Phi) is 4.64. The molecule has 1 heterocycles. The average molecular weight is 391 g/mol. The van der Waals surface area contributed by atoms with E-state index in [1.807, 2.05) is 0 Å². The van der Waals surface area contributed by atoms with Crippen LogP contribution in [0, 0.1) is 0 Å². The number of nitrogens with one attached hydrogen (secondary N) is 2. The normalized spacial score (nSPS) is 19.0. The van der Waals surface area contributed by atoms with Gasteiger partial charge in [-0.2, -0.15) is 0 Å². The number of hydrogen-bond donors (Lipinski definition) is 2. The molecule has 1 saturated carbocycles. The summed E-state index contributed by atoms with van der Waals surface area (Å²) < 4.78 is 0. The first-order chi connectivity index (χ1) is 11.3. The standard InChI is InChI=1S/C15H14Cl3N3O3/c16-8-5-9(17)12(10(18)6-8)19-11(22)7-21-13(23)15(20-14(21)24)3-1-2-4-15/h5-6H,1-4,7H2,(H,19,22)(H,20,24). The van der Waals surface area contributed by atoms with Gasteiger partial charge in [0, 0.05) is 5.02 Å². The molecule has 4 amide bonds. The molecule has 0 atom stereocenters. The smallest absolute Gasteiger partial charge is 0.323 e. The highest BCUT2D eigenvalue weighted by atomic mass is 35.5. The second-order valence-electron chi connectivity index (χ2n) is 5.90. The number of halogens is 3. The lowest BCUT2D eigenvalue weighted by Crippen LogP contribution is -2.44. The second-order valence-corrected chi connectivity index (χ2v) is 7.15. The summed E-state index contributed by atoms with van der Waals surface area (Å²) in [5.74, 6) is -0.923. The summed E-state index contributed by atoms with van der Waals surface area (Å²) >= 11 is 17.8. The first-order valence-electron chi connectivity index (χ1n) is 7.41. The Labute approximate surface area is 153 Å². The highest BCUT2D eigenvalue weighted by molar-refractivity contribution is 6.42. The zero-order chi connectivity index (χ0) is 17.5. The van der Waals surface area contributed by atoms with Crippen molar-refractivity contribution in [2.45, 2.75) is 31.2 Å². The van der Waals surface area contributed by atoms with Gasteiger partial charge >= 0.3 is 6.03 Å². The first-order valence-corrected chi connectivity index (χ1v) is 8.54. The van der Waals surface area contributed by atoms with Crippen LogP contribution < -0.4 is 10.6 Å². The van der Waals surface area contributed by atoms with E-state index in [2.05, 4.69) is 10.6 Å². The van der Waals surface area contributed by atoms with E-state index in [9.17, 15) is 14.4 Å². The molecule has 2 aliphatic rings. The summed E-state index contributed by atoms with van der Waals surface area (Å²) in [6.07, 6.45) is 2.96. The molecule has 0 unspecified atom stereocenters. The van der Waals surface area contributed by atoms with Gasteiger partial charge in [0.05, 0.1) is 15.7 Å². The van der Waals surface area contributed by atoms with E-state index >= 15 is 0 Å². The molecule has 0 radical (unpaired) electrons. The number of imide groups is 1. The van der Waals surface area contributed by atoms with E-state index in [1.165, 1.54) is 12.1 Å². The molecule has 1 aliphatic heterocycles. The van der Waals surface area contributed by atoms with E-state index in [-0.39, 0.29) is 21.6 Å². The maximum atomic E-state index is 12.5. The van der Waals surface area contributed by atoms with Crippen molar-refractivity contribution in [3.05, 3.63) is 27.2 Å². The molecule has 1 aromatic carbocycles. The second kappa shape index (κ2) is 6.43. The maximum Gasteiger partial charge on any atom is 0.325 e. The molecular formula is C15H14Cl3N3O3. The topological polar surface area (TPSA) is 78.5 Å². The van der Waals surface area contributed by atoms with Crippen LogP contribution in [0.25, 0.3) is 0 Å². The summed E-state index contributed by atoms with van der Waals surface area (Å²) in [6.45, 7) is -0.401. The van der Waals surface area contributed by atoms with Crippen LogP contribution in [0.1, 0.15) is 25.7 Å². The maximum absolute atomic E-state index is 12.5. The van der Waals surface area contributed by atoms with Gasteiger partial charge in [0.1, 0.15) is 12.1 Å². The van der Waals surface area contributed by atoms with Crippen molar-refractivity contribution < 1.29 is 14.4 Å². The first kappa shape index (κ1) is 17.3. The number of nitrogens with zero attached hydrogens (tertiary/aromatic N) is 1. The predicted molar refractivity (Wildman–Crippen MR) is 91.5 cm³/mol. The van der Waals surface area contributed by atoms with Gasteiger partial charge in [-0.25, -0.2) is 4.79 Å². The Bertz CT molecular complexity index is 709. The minimum absolute atomic E-state index is 0.172. The Morgan fingerprint density at radius 3 is 2.33 bits per heavy atom. The number of hydrogen-bond acceptors (Lipinski definition) is 3. The highest BCUT2D eigenvalue weighted by Gasteiger charge is 2.52. The van der Waals surface area contributed by atoms with Crippen LogP contribution >= 0.6 is 34.8 Å². The van der Waals surface area contributed by atoms with Crippen molar-refractivity contribution in [1.82, 2.24) is 10.2 Å². The van der Waals surface area contributed by atoms with Crippen LogP contribution in [0.4, 0.5) is 10.5 Å². The van der Waals surface area contributed by atoms with E-state index in [1.54, 1.807) is 0 Å². The summed E-state index contributed by atoms with van der Waals surface area (Å²) in [5, 5.41) is 5.91. The van der Waals surface area contributed by atoms with Gasteiger partial charge in [0.2, 0.25) is 5.91 Å². The Balaban J connectivity index is 1.72. The predicted octanol–water partition coefficient (Wildman–Crippen LogP) is 3.45. The molecule has 9 heteroatoms. The molecule has 2 N–H and O–H groups in total. The molecule has 1 spiro atoms. The number of carbonyl (C=O) groups excluding carboxylic acids is 3.